The van der Waals surface area contributed by atoms with Crippen molar-refractivity contribution in [3.8, 4) is 11.3 Å². The van der Waals surface area contributed by atoms with Crippen LogP contribution < -0.4 is 5.32 Å². The highest BCUT2D eigenvalue weighted by Gasteiger charge is 2.21. The highest BCUT2D eigenvalue weighted by Crippen LogP contribution is 2.34. The lowest BCUT2D eigenvalue weighted by Gasteiger charge is -2.31. The highest BCUT2D eigenvalue weighted by atomic mass is 16.5. The van der Waals surface area contributed by atoms with Gasteiger partial charge >= 0.3 is 0 Å². The van der Waals surface area contributed by atoms with Gasteiger partial charge in [-0.15, -0.1) is 0 Å². The number of nitrogens with zero attached hydrogens (tertiary/aromatic N) is 4. The van der Waals surface area contributed by atoms with Crippen molar-refractivity contribution in [1.82, 2.24) is 19.4 Å². The molecule has 0 spiro atoms. The number of pyridine rings is 2. The van der Waals surface area contributed by atoms with E-state index in [9.17, 15) is 0 Å². The van der Waals surface area contributed by atoms with Crippen LogP contribution in [-0.4, -0.2) is 59.3 Å². The monoisotopic (exact) mass is 435 g/mol. The quantitative estimate of drug-likeness (QED) is 0.555. The van der Waals surface area contributed by atoms with Crippen LogP contribution in [0.1, 0.15) is 56.0 Å². The number of anilines is 1. The maximum atomic E-state index is 5.54. The first-order chi connectivity index (χ1) is 15.4. The Morgan fingerprint density at radius 1 is 1.09 bits per heavy atom. The van der Waals surface area contributed by atoms with E-state index in [1.807, 2.05) is 7.05 Å². The Labute approximate surface area is 192 Å². The number of aromatic nitrogens is 3. The summed E-state index contributed by atoms with van der Waals surface area (Å²) >= 11 is 0. The third-order valence-corrected chi connectivity index (χ3v) is 6.61. The number of hydrogen-bond donors (Lipinski definition) is 1. The molecule has 0 saturated carbocycles. The standard InChI is InChI=1S/C26H37N5O/c1-7-20(16-30-10-12-32-13-11-30)31-15-19(5)25-23(31)14-18(4)24(29-25)21-8-9-22(17(2)3)28-26(21)27-6/h8-9,14-15,17,20H,7,10-13,16H2,1-6H3,(H,27,28)/t20-/m0/s1. The Morgan fingerprint density at radius 2 is 1.84 bits per heavy atom. The van der Waals surface area contributed by atoms with Gasteiger partial charge in [0.05, 0.1) is 29.9 Å². The molecule has 3 aromatic heterocycles. The van der Waals surface area contributed by atoms with E-state index < -0.39 is 0 Å². The normalized spacial score (nSPS) is 16.1. The van der Waals surface area contributed by atoms with E-state index in [1.54, 1.807) is 0 Å². The van der Waals surface area contributed by atoms with Crippen LogP contribution in [0.2, 0.25) is 0 Å². The molecule has 1 aliphatic heterocycles. The second-order valence-corrected chi connectivity index (χ2v) is 9.25. The topological polar surface area (TPSA) is 55.2 Å². The zero-order valence-electron chi connectivity index (χ0n) is 20.4. The van der Waals surface area contributed by atoms with E-state index in [0.717, 1.165) is 67.6 Å². The first-order valence-electron chi connectivity index (χ1n) is 11.9. The van der Waals surface area contributed by atoms with Gasteiger partial charge in [-0.05, 0) is 55.5 Å². The predicted molar refractivity (Wildman–Crippen MR) is 133 cm³/mol. The third-order valence-electron chi connectivity index (χ3n) is 6.61. The van der Waals surface area contributed by atoms with Crippen molar-refractivity contribution in [2.45, 2.75) is 53.0 Å². The molecule has 3 aromatic rings. The minimum atomic E-state index is 0.390. The molecule has 6 nitrogen and oxygen atoms in total. The van der Waals surface area contributed by atoms with Crippen LogP contribution in [0.3, 0.4) is 0 Å². The van der Waals surface area contributed by atoms with E-state index in [0.29, 0.717) is 12.0 Å². The smallest absolute Gasteiger partial charge is 0.135 e. The molecule has 1 fully saturated rings. The third kappa shape index (κ3) is 4.39. The van der Waals surface area contributed by atoms with E-state index in [1.165, 1.54) is 16.6 Å². The van der Waals surface area contributed by atoms with Crippen molar-refractivity contribution in [1.29, 1.82) is 0 Å². The number of nitrogens with one attached hydrogen (secondary N) is 1. The molecule has 6 heteroatoms. The molecule has 1 N–H and O–H groups in total. The first kappa shape index (κ1) is 22.7. The molecule has 172 valence electrons. The van der Waals surface area contributed by atoms with Crippen LogP contribution in [0.25, 0.3) is 22.3 Å². The Morgan fingerprint density at radius 3 is 2.50 bits per heavy atom. The van der Waals surface area contributed by atoms with Gasteiger partial charge in [-0.25, -0.2) is 9.97 Å². The summed E-state index contributed by atoms with van der Waals surface area (Å²) in [6.45, 7) is 15.7. The average molecular weight is 436 g/mol. The van der Waals surface area contributed by atoms with Gasteiger partial charge in [0.1, 0.15) is 5.82 Å². The molecule has 1 atom stereocenters. The second-order valence-electron chi connectivity index (χ2n) is 9.25. The summed E-state index contributed by atoms with van der Waals surface area (Å²) in [6, 6.07) is 7.02. The molecule has 0 aliphatic carbocycles. The zero-order chi connectivity index (χ0) is 22.8. The van der Waals surface area contributed by atoms with Gasteiger partial charge < -0.3 is 14.6 Å². The van der Waals surface area contributed by atoms with Crippen LogP contribution in [0, 0.1) is 13.8 Å². The van der Waals surface area contributed by atoms with Gasteiger partial charge in [-0.2, -0.15) is 0 Å². The van der Waals surface area contributed by atoms with Gasteiger partial charge in [0, 0.05) is 50.2 Å². The first-order valence-corrected chi connectivity index (χ1v) is 11.9. The fraction of sp³-hybridized carbons (Fsp3) is 0.538. The molecule has 0 amide bonds. The molecule has 0 radical (unpaired) electrons. The largest absolute Gasteiger partial charge is 0.379 e. The summed E-state index contributed by atoms with van der Waals surface area (Å²) in [5.41, 5.74) is 7.86. The van der Waals surface area contributed by atoms with Gasteiger partial charge in [0.25, 0.3) is 0 Å². The van der Waals surface area contributed by atoms with Crippen LogP contribution in [0.4, 0.5) is 5.82 Å². The second kappa shape index (κ2) is 9.59. The van der Waals surface area contributed by atoms with Crippen LogP contribution >= 0.6 is 0 Å². The zero-order valence-corrected chi connectivity index (χ0v) is 20.4. The molecule has 32 heavy (non-hydrogen) atoms. The molecule has 0 unspecified atom stereocenters. The molecule has 4 rings (SSSR count). The van der Waals surface area contributed by atoms with Gasteiger partial charge in [-0.1, -0.05) is 20.8 Å². The molecule has 1 aliphatic rings. The Balaban J connectivity index is 1.74. The minimum absolute atomic E-state index is 0.390. The minimum Gasteiger partial charge on any atom is -0.379 e. The van der Waals surface area contributed by atoms with Crippen molar-refractivity contribution in [2.75, 3.05) is 45.2 Å². The molecular formula is C26H37N5O. The van der Waals surface area contributed by atoms with Crippen molar-refractivity contribution in [2.24, 2.45) is 0 Å². The van der Waals surface area contributed by atoms with Gasteiger partial charge in [0.15, 0.2) is 0 Å². The maximum absolute atomic E-state index is 5.54. The summed E-state index contributed by atoms with van der Waals surface area (Å²) < 4.78 is 7.98. The van der Waals surface area contributed by atoms with Crippen LogP contribution in [-0.2, 0) is 4.74 Å². The van der Waals surface area contributed by atoms with Crippen molar-refractivity contribution in [3.05, 3.63) is 41.2 Å². The summed E-state index contributed by atoms with van der Waals surface area (Å²) in [5, 5.41) is 3.29. The molecule has 4 heterocycles. The highest BCUT2D eigenvalue weighted by molar-refractivity contribution is 5.86. The fourth-order valence-corrected chi connectivity index (χ4v) is 4.67. The molecular weight excluding hydrogens is 398 g/mol. The summed E-state index contributed by atoms with van der Waals surface area (Å²) in [7, 11) is 1.93. The fourth-order valence-electron chi connectivity index (χ4n) is 4.67. The Kier molecular flexibility index (Phi) is 6.82. The predicted octanol–water partition coefficient (Wildman–Crippen LogP) is 5.16. The average Bonchev–Trinajstić information content (AvgIpc) is 3.12. The van der Waals surface area contributed by atoms with Gasteiger partial charge in [0.2, 0.25) is 0 Å². The van der Waals surface area contributed by atoms with E-state index in [2.05, 4.69) is 73.8 Å². The lowest BCUT2D eigenvalue weighted by molar-refractivity contribution is 0.0315. The summed E-state index contributed by atoms with van der Waals surface area (Å²) in [5.74, 6) is 1.28. The Bertz CT molecular complexity index is 1080. The van der Waals surface area contributed by atoms with Crippen LogP contribution in [0.15, 0.2) is 24.4 Å². The van der Waals surface area contributed by atoms with Gasteiger partial charge in [-0.3, -0.25) is 4.90 Å². The van der Waals surface area contributed by atoms with Crippen molar-refractivity contribution >= 4 is 16.9 Å². The van der Waals surface area contributed by atoms with Crippen LogP contribution in [0.5, 0.6) is 0 Å². The number of aryl methyl sites for hydroxylation is 2. The number of rotatable bonds is 7. The lowest BCUT2D eigenvalue weighted by atomic mass is 10.0. The number of hydrogen-bond acceptors (Lipinski definition) is 5. The SMILES string of the molecule is CC[C@@H](CN1CCOCC1)n1cc(C)c2nc(-c3ccc(C(C)C)nc3NC)c(C)cc21. The number of ether oxygens (including phenoxy) is 1. The van der Waals surface area contributed by atoms with E-state index in [-0.39, 0.29) is 0 Å². The molecule has 0 aromatic carbocycles. The lowest BCUT2D eigenvalue weighted by Crippen LogP contribution is -2.39. The number of fused-ring (bicyclic) bond motifs is 1. The van der Waals surface area contributed by atoms with E-state index in [4.69, 9.17) is 14.7 Å². The number of morpholine rings is 1. The summed E-state index contributed by atoms with van der Waals surface area (Å²) in [4.78, 5) is 12.6. The molecule has 0 bridgehead atoms. The Hall–Kier alpha value is -2.44. The molecule has 1 saturated heterocycles. The maximum Gasteiger partial charge on any atom is 0.135 e. The van der Waals surface area contributed by atoms with Crippen molar-refractivity contribution < 1.29 is 4.74 Å². The van der Waals surface area contributed by atoms with Crippen molar-refractivity contribution in [3.63, 3.8) is 0 Å². The summed E-state index contributed by atoms with van der Waals surface area (Å²) in [6.07, 6.45) is 3.38. The van der Waals surface area contributed by atoms with E-state index >= 15 is 0 Å².